The van der Waals surface area contributed by atoms with Crippen LogP contribution in [0.15, 0.2) is 28.7 Å². The van der Waals surface area contributed by atoms with Gasteiger partial charge in [0.15, 0.2) is 0 Å². The minimum atomic E-state index is -0.123. The number of carbonyl (C=O) groups excluding carboxylic acids is 1. The van der Waals surface area contributed by atoms with E-state index in [-0.39, 0.29) is 5.91 Å². The van der Waals surface area contributed by atoms with E-state index < -0.39 is 0 Å². The molecule has 1 aromatic carbocycles. The maximum absolute atomic E-state index is 12.1. The third-order valence-electron chi connectivity index (χ3n) is 2.50. The highest BCUT2D eigenvalue weighted by molar-refractivity contribution is 9.10. The normalized spacial score (nSPS) is 10.3. The fourth-order valence-electron chi connectivity index (χ4n) is 1.51. The maximum Gasteiger partial charge on any atom is 0.284 e. The molecule has 0 fully saturated rings. The fourth-order valence-corrected chi connectivity index (χ4v) is 2.47. The van der Waals surface area contributed by atoms with Crippen molar-refractivity contribution in [2.75, 3.05) is 19.4 Å². The lowest BCUT2D eigenvalue weighted by atomic mass is 10.2. The molecule has 0 atom stereocenters. The Kier molecular flexibility index (Phi) is 4.49. The number of anilines is 1. The van der Waals surface area contributed by atoms with Gasteiger partial charge in [-0.2, -0.15) is 0 Å². The Morgan fingerprint density at radius 2 is 2.05 bits per heavy atom. The van der Waals surface area contributed by atoms with Gasteiger partial charge < -0.3 is 10.2 Å². The molecular formula is C12H13BrN4OS. The summed E-state index contributed by atoms with van der Waals surface area (Å²) in [7, 11) is 3.51. The second-order valence-electron chi connectivity index (χ2n) is 3.95. The molecule has 0 aliphatic rings. The van der Waals surface area contributed by atoms with E-state index in [4.69, 9.17) is 0 Å². The SMILES string of the molecule is CNc1nnc(C(=O)N(C)Cc2ccc(Br)cc2)s1. The van der Waals surface area contributed by atoms with Gasteiger partial charge in [0.05, 0.1) is 0 Å². The van der Waals surface area contributed by atoms with Crippen LogP contribution in [0.4, 0.5) is 5.13 Å². The summed E-state index contributed by atoms with van der Waals surface area (Å²) in [4.78, 5) is 13.8. The number of nitrogens with one attached hydrogen (secondary N) is 1. The Balaban J connectivity index is 2.04. The topological polar surface area (TPSA) is 58.1 Å². The number of aromatic nitrogens is 2. The lowest BCUT2D eigenvalue weighted by molar-refractivity contribution is 0.0784. The zero-order valence-corrected chi connectivity index (χ0v) is 13.0. The lowest BCUT2D eigenvalue weighted by Crippen LogP contribution is -2.26. The summed E-state index contributed by atoms with van der Waals surface area (Å²) in [6, 6.07) is 7.87. The van der Waals surface area contributed by atoms with Crippen LogP contribution in [0, 0.1) is 0 Å². The van der Waals surface area contributed by atoms with Gasteiger partial charge in [-0.3, -0.25) is 4.79 Å². The molecule has 2 aromatic rings. The van der Waals surface area contributed by atoms with E-state index in [0.29, 0.717) is 16.7 Å². The summed E-state index contributed by atoms with van der Waals surface area (Å²) < 4.78 is 1.02. The molecule has 100 valence electrons. The Labute approximate surface area is 123 Å². The zero-order chi connectivity index (χ0) is 13.8. The molecule has 0 radical (unpaired) electrons. The summed E-state index contributed by atoms with van der Waals surface area (Å²) in [6.07, 6.45) is 0. The fraction of sp³-hybridized carbons (Fsp3) is 0.250. The van der Waals surface area contributed by atoms with Crippen molar-refractivity contribution in [3.05, 3.63) is 39.3 Å². The second-order valence-corrected chi connectivity index (χ2v) is 5.84. The first-order valence-electron chi connectivity index (χ1n) is 5.61. The standard InChI is InChI=1S/C12H13BrN4OS/c1-14-12-16-15-10(19-12)11(18)17(2)7-8-3-5-9(13)6-4-8/h3-6H,7H2,1-2H3,(H,14,16). The molecule has 1 heterocycles. The van der Waals surface area contributed by atoms with Crippen molar-refractivity contribution in [1.29, 1.82) is 0 Å². The van der Waals surface area contributed by atoms with Crippen molar-refractivity contribution in [1.82, 2.24) is 15.1 Å². The van der Waals surface area contributed by atoms with Gasteiger partial charge in [-0.15, -0.1) is 10.2 Å². The van der Waals surface area contributed by atoms with Gasteiger partial charge in [0.2, 0.25) is 10.1 Å². The summed E-state index contributed by atoms with van der Waals surface area (Å²) in [5.74, 6) is -0.123. The largest absolute Gasteiger partial charge is 0.363 e. The average molecular weight is 341 g/mol. The van der Waals surface area contributed by atoms with Gasteiger partial charge in [-0.1, -0.05) is 39.4 Å². The first kappa shape index (κ1) is 14.0. The number of amides is 1. The Hall–Kier alpha value is -1.47. The number of carbonyl (C=O) groups is 1. The van der Waals surface area contributed by atoms with Gasteiger partial charge in [0.1, 0.15) is 0 Å². The van der Waals surface area contributed by atoms with Gasteiger partial charge in [-0.05, 0) is 17.7 Å². The van der Waals surface area contributed by atoms with E-state index in [9.17, 15) is 4.79 Å². The number of halogens is 1. The van der Waals surface area contributed by atoms with Gasteiger partial charge in [0.25, 0.3) is 5.91 Å². The third kappa shape index (κ3) is 3.51. The molecule has 1 N–H and O–H groups in total. The number of hydrogen-bond donors (Lipinski definition) is 1. The van der Waals surface area contributed by atoms with E-state index in [1.807, 2.05) is 24.3 Å². The number of rotatable bonds is 4. The number of nitrogens with zero attached hydrogens (tertiary/aromatic N) is 3. The van der Waals surface area contributed by atoms with E-state index in [2.05, 4.69) is 31.4 Å². The van der Waals surface area contributed by atoms with Crippen molar-refractivity contribution in [3.8, 4) is 0 Å². The predicted octanol–water partition coefficient (Wildman–Crippen LogP) is 2.61. The smallest absolute Gasteiger partial charge is 0.284 e. The highest BCUT2D eigenvalue weighted by Gasteiger charge is 2.17. The van der Waals surface area contributed by atoms with Gasteiger partial charge in [-0.25, -0.2) is 0 Å². The molecule has 0 aliphatic carbocycles. The predicted molar refractivity (Wildman–Crippen MR) is 79.4 cm³/mol. The van der Waals surface area contributed by atoms with Crippen molar-refractivity contribution in [2.24, 2.45) is 0 Å². The van der Waals surface area contributed by atoms with Crippen LogP contribution in [0.5, 0.6) is 0 Å². The minimum absolute atomic E-state index is 0.123. The van der Waals surface area contributed by atoms with Crippen LogP contribution in [0.2, 0.25) is 0 Å². The summed E-state index contributed by atoms with van der Waals surface area (Å²) in [5, 5.41) is 11.6. The van der Waals surface area contributed by atoms with Crippen LogP contribution >= 0.6 is 27.3 Å². The molecule has 1 amide bonds. The lowest BCUT2D eigenvalue weighted by Gasteiger charge is -2.15. The van der Waals surface area contributed by atoms with Crippen LogP contribution in [-0.2, 0) is 6.54 Å². The molecule has 5 nitrogen and oxygen atoms in total. The van der Waals surface area contributed by atoms with E-state index in [0.717, 1.165) is 10.0 Å². The van der Waals surface area contributed by atoms with Crippen LogP contribution < -0.4 is 5.32 Å². The average Bonchev–Trinajstić information content (AvgIpc) is 2.89. The summed E-state index contributed by atoms with van der Waals surface area (Å²) in [6.45, 7) is 0.542. The highest BCUT2D eigenvalue weighted by atomic mass is 79.9. The van der Waals surface area contributed by atoms with Gasteiger partial charge in [0, 0.05) is 25.1 Å². The molecule has 19 heavy (non-hydrogen) atoms. The maximum atomic E-state index is 12.1. The Morgan fingerprint density at radius 1 is 1.37 bits per heavy atom. The molecule has 0 saturated carbocycles. The molecule has 2 rings (SSSR count). The van der Waals surface area contributed by atoms with Crippen molar-refractivity contribution in [2.45, 2.75) is 6.54 Å². The monoisotopic (exact) mass is 340 g/mol. The Bertz CT molecular complexity index is 569. The molecule has 0 bridgehead atoms. The van der Waals surface area contributed by atoms with Crippen LogP contribution in [0.1, 0.15) is 15.4 Å². The summed E-state index contributed by atoms with van der Waals surface area (Å²) in [5.41, 5.74) is 1.07. The first-order chi connectivity index (χ1) is 9.10. The van der Waals surface area contributed by atoms with Crippen LogP contribution in [-0.4, -0.2) is 35.1 Å². The molecule has 0 spiro atoms. The van der Waals surface area contributed by atoms with Crippen molar-refractivity contribution < 1.29 is 4.79 Å². The van der Waals surface area contributed by atoms with E-state index in [1.165, 1.54) is 11.3 Å². The van der Waals surface area contributed by atoms with E-state index in [1.54, 1.807) is 19.0 Å². The molecule has 0 saturated heterocycles. The Morgan fingerprint density at radius 3 is 2.63 bits per heavy atom. The minimum Gasteiger partial charge on any atom is -0.363 e. The van der Waals surface area contributed by atoms with Crippen molar-refractivity contribution in [3.63, 3.8) is 0 Å². The zero-order valence-electron chi connectivity index (χ0n) is 10.6. The molecule has 1 aromatic heterocycles. The van der Waals surface area contributed by atoms with Crippen LogP contribution in [0.3, 0.4) is 0 Å². The summed E-state index contributed by atoms with van der Waals surface area (Å²) >= 11 is 4.63. The van der Waals surface area contributed by atoms with E-state index >= 15 is 0 Å². The highest BCUT2D eigenvalue weighted by Crippen LogP contribution is 2.17. The number of benzene rings is 1. The van der Waals surface area contributed by atoms with Crippen LogP contribution in [0.25, 0.3) is 0 Å². The molecular weight excluding hydrogens is 328 g/mol. The molecule has 0 aliphatic heterocycles. The second kappa shape index (κ2) is 6.12. The molecule has 0 unspecified atom stereocenters. The number of hydrogen-bond acceptors (Lipinski definition) is 5. The van der Waals surface area contributed by atoms with Crippen molar-refractivity contribution >= 4 is 38.3 Å². The molecule has 7 heteroatoms. The quantitative estimate of drug-likeness (QED) is 0.929. The van der Waals surface area contributed by atoms with Gasteiger partial charge >= 0.3 is 0 Å². The third-order valence-corrected chi connectivity index (χ3v) is 3.96. The first-order valence-corrected chi connectivity index (χ1v) is 7.22.